The molecule has 1 aromatic carbocycles. The molecule has 32 heavy (non-hydrogen) atoms. The molecule has 0 aliphatic carbocycles. The smallest absolute Gasteiger partial charge is 0.414 e. The van der Waals surface area contributed by atoms with Gasteiger partial charge in [-0.2, -0.15) is 8.78 Å². The number of hydrogen-bond acceptors (Lipinski definition) is 6. The van der Waals surface area contributed by atoms with Crippen LogP contribution in [0.3, 0.4) is 0 Å². The van der Waals surface area contributed by atoms with Crippen LogP contribution in [0.25, 0.3) is 0 Å². The van der Waals surface area contributed by atoms with Crippen molar-refractivity contribution in [3.8, 4) is 0 Å². The number of urea groups is 1. The maximum atomic E-state index is 14.8. The number of halogens is 4. The summed E-state index contributed by atoms with van der Waals surface area (Å²) < 4.78 is 58.9. The molecule has 14 heteroatoms. The number of primary amides is 1. The molecular weight excluding hydrogens is 442 g/mol. The molecule has 0 unspecified atom stereocenters. The average Bonchev–Trinajstić information content (AvgIpc) is 2.90. The summed E-state index contributed by atoms with van der Waals surface area (Å²) in [5, 5.41) is 2.80. The third kappa shape index (κ3) is 5.49. The Morgan fingerprint density at radius 3 is 2.44 bits per heavy atom. The molecule has 178 valence electrons. The van der Waals surface area contributed by atoms with Gasteiger partial charge in [0, 0.05) is 25.2 Å². The zero-order chi connectivity index (χ0) is 22.7. The summed E-state index contributed by atoms with van der Waals surface area (Å²) in [7, 11) is 0. The standard InChI is InChI=1S/C17H19F4N5O5.CH4/c18-11-5-9(25-8-10(31-17(25)29)7-23-15(27)14(20)21)6-12(19)13(11)24-1-2-26(16(22)28)30-4-3-24;/h5-6,10,14H,1-4,7-8H2,(H2,22,28)(H,23,27);1H4/t10-;/m0./s1. The lowest BCUT2D eigenvalue weighted by molar-refractivity contribution is -0.132. The first-order valence-electron chi connectivity index (χ1n) is 9.15. The summed E-state index contributed by atoms with van der Waals surface area (Å²) >= 11 is 0. The van der Waals surface area contributed by atoms with Crippen molar-refractivity contribution < 1.29 is 41.5 Å². The SMILES string of the molecule is C.NC(=O)N1CCN(c2c(F)cc(N3C[C@H](CNC(=O)C(F)F)OC3=O)cc2F)CCO1. The summed E-state index contributed by atoms with van der Waals surface area (Å²) in [5.74, 6) is -3.46. The normalized spacial score (nSPS) is 18.8. The van der Waals surface area contributed by atoms with Gasteiger partial charge in [0.2, 0.25) is 0 Å². The fraction of sp³-hybridized carbons (Fsp3) is 0.500. The van der Waals surface area contributed by atoms with Gasteiger partial charge in [0.1, 0.15) is 11.8 Å². The van der Waals surface area contributed by atoms with Crippen molar-refractivity contribution in [2.24, 2.45) is 5.73 Å². The maximum absolute atomic E-state index is 14.8. The number of cyclic esters (lactones) is 1. The molecule has 0 aromatic heterocycles. The van der Waals surface area contributed by atoms with E-state index in [9.17, 15) is 31.9 Å². The molecule has 2 saturated heterocycles. The van der Waals surface area contributed by atoms with E-state index in [2.05, 4.69) is 0 Å². The van der Waals surface area contributed by atoms with Crippen LogP contribution in [-0.4, -0.2) is 75.0 Å². The first-order valence-corrected chi connectivity index (χ1v) is 9.15. The molecule has 10 nitrogen and oxygen atoms in total. The van der Waals surface area contributed by atoms with Crippen LogP contribution >= 0.6 is 0 Å². The number of nitrogens with two attached hydrogens (primary N) is 1. The van der Waals surface area contributed by atoms with Crippen molar-refractivity contribution in [1.29, 1.82) is 0 Å². The van der Waals surface area contributed by atoms with Gasteiger partial charge in [-0.1, -0.05) is 7.43 Å². The Morgan fingerprint density at radius 1 is 1.19 bits per heavy atom. The highest BCUT2D eigenvalue weighted by Crippen LogP contribution is 2.31. The number of rotatable bonds is 5. The predicted octanol–water partition coefficient (Wildman–Crippen LogP) is 1.44. The number of alkyl halides is 2. The second-order valence-electron chi connectivity index (χ2n) is 6.68. The van der Waals surface area contributed by atoms with Crippen LogP contribution in [0.1, 0.15) is 7.43 Å². The molecule has 0 radical (unpaired) electrons. The largest absolute Gasteiger partial charge is 0.442 e. The number of ether oxygens (including phenoxy) is 1. The quantitative estimate of drug-likeness (QED) is 0.636. The second kappa shape index (κ2) is 10.3. The van der Waals surface area contributed by atoms with E-state index in [0.29, 0.717) is 0 Å². The van der Waals surface area contributed by atoms with E-state index in [1.165, 1.54) is 4.90 Å². The van der Waals surface area contributed by atoms with Crippen molar-refractivity contribution in [3.05, 3.63) is 23.8 Å². The van der Waals surface area contributed by atoms with Crippen LogP contribution in [-0.2, 0) is 14.4 Å². The highest BCUT2D eigenvalue weighted by Gasteiger charge is 2.34. The third-order valence-corrected chi connectivity index (χ3v) is 4.63. The third-order valence-electron chi connectivity index (χ3n) is 4.63. The predicted molar refractivity (Wildman–Crippen MR) is 104 cm³/mol. The van der Waals surface area contributed by atoms with Crippen LogP contribution in [0.4, 0.5) is 38.5 Å². The van der Waals surface area contributed by atoms with E-state index in [-0.39, 0.29) is 58.1 Å². The highest BCUT2D eigenvalue weighted by atomic mass is 19.3. The van der Waals surface area contributed by atoms with Crippen molar-refractivity contribution in [2.75, 3.05) is 49.1 Å². The lowest BCUT2D eigenvalue weighted by atomic mass is 10.2. The zero-order valence-corrected chi connectivity index (χ0v) is 16.0. The van der Waals surface area contributed by atoms with Gasteiger partial charge >= 0.3 is 18.5 Å². The van der Waals surface area contributed by atoms with Gasteiger partial charge in [0.05, 0.1) is 31.9 Å². The Labute approximate surface area is 180 Å². The number of carbonyl (C=O) groups excluding carboxylic acids is 3. The maximum Gasteiger partial charge on any atom is 0.414 e. The minimum atomic E-state index is -3.22. The lowest BCUT2D eigenvalue weighted by Crippen LogP contribution is -2.38. The van der Waals surface area contributed by atoms with Gasteiger partial charge in [-0.25, -0.2) is 23.4 Å². The number of amides is 4. The first kappa shape index (κ1) is 25.0. The van der Waals surface area contributed by atoms with Gasteiger partial charge in [0.25, 0.3) is 5.91 Å². The molecule has 0 saturated carbocycles. The molecule has 0 spiro atoms. The fourth-order valence-corrected chi connectivity index (χ4v) is 3.19. The van der Waals surface area contributed by atoms with Gasteiger partial charge in [-0.05, 0) is 0 Å². The van der Waals surface area contributed by atoms with Gasteiger partial charge < -0.3 is 20.7 Å². The summed E-state index contributed by atoms with van der Waals surface area (Å²) in [6, 6.07) is 1.03. The number of nitrogens with zero attached hydrogens (tertiary/aromatic N) is 3. The summed E-state index contributed by atoms with van der Waals surface area (Å²) in [5.41, 5.74) is 4.62. The first-order chi connectivity index (χ1) is 14.7. The topological polar surface area (TPSA) is 117 Å². The second-order valence-corrected chi connectivity index (χ2v) is 6.68. The number of anilines is 2. The van der Waals surface area contributed by atoms with E-state index in [1.54, 1.807) is 0 Å². The molecule has 2 aliphatic rings. The number of benzene rings is 1. The Bertz CT molecular complexity index is 851. The number of hydroxylamine groups is 2. The fourth-order valence-electron chi connectivity index (χ4n) is 3.19. The Balaban J connectivity index is 0.00000363. The molecule has 1 aromatic rings. The number of carbonyl (C=O) groups is 3. The summed E-state index contributed by atoms with van der Waals surface area (Å²) in [6.07, 6.45) is -5.13. The van der Waals surface area contributed by atoms with Crippen LogP contribution < -0.4 is 20.9 Å². The molecule has 1 atom stereocenters. The van der Waals surface area contributed by atoms with Crippen molar-refractivity contribution >= 4 is 29.4 Å². The van der Waals surface area contributed by atoms with Gasteiger partial charge in [0.15, 0.2) is 11.6 Å². The highest BCUT2D eigenvalue weighted by molar-refractivity contribution is 5.90. The van der Waals surface area contributed by atoms with Gasteiger partial charge in [-0.3, -0.25) is 14.5 Å². The van der Waals surface area contributed by atoms with Crippen molar-refractivity contribution in [3.63, 3.8) is 0 Å². The molecule has 2 heterocycles. The van der Waals surface area contributed by atoms with E-state index in [4.69, 9.17) is 15.3 Å². The zero-order valence-electron chi connectivity index (χ0n) is 16.0. The number of hydrogen-bond donors (Lipinski definition) is 2. The molecular formula is C18H23F4N5O5. The van der Waals surface area contributed by atoms with E-state index in [0.717, 1.165) is 22.1 Å². The van der Waals surface area contributed by atoms with Crippen LogP contribution in [0.2, 0.25) is 0 Å². The molecule has 3 rings (SSSR count). The summed E-state index contributed by atoms with van der Waals surface area (Å²) in [4.78, 5) is 41.5. The number of nitrogens with one attached hydrogen (secondary N) is 1. The van der Waals surface area contributed by atoms with Crippen LogP contribution in [0.15, 0.2) is 12.1 Å². The van der Waals surface area contributed by atoms with Gasteiger partial charge in [-0.15, -0.1) is 0 Å². The van der Waals surface area contributed by atoms with E-state index < -0.39 is 42.2 Å². The van der Waals surface area contributed by atoms with Crippen LogP contribution in [0.5, 0.6) is 0 Å². The van der Waals surface area contributed by atoms with Crippen molar-refractivity contribution in [1.82, 2.24) is 10.4 Å². The van der Waals surface area contributed by atoms with E-state index in [1.807, 2.05) is 5.32 Å². The van der Waals surface area contributed by atoms with E-state index >= 15 is 0 Å². The monoisotopic (exact) mass is 465 g/mol. The van der Waals surface area contributed by atoms with Crippen molar-refractivity contribution in [2.45, 2.75) is 20.0 Å². The molecule has 4 amide bonds. The Morgan fingerprint density at radius 2 is 1.84 bits per heavy atom. The average molecular weight is 465 g/mol. The molecule has 3 N–H and O–H groups in total. The molecule has 2 fully saturated rings. The van der Waals surface area contributed by atoms with Crippen LogP contribution in [0, 0.1) is 11.6 Å². The molecule has 2 aliphatic heterocycles. The Hall–Kier alpha value is -3.29. The molecule has 0 bridgehead atoms. The minimum absolute atomic E-state index is 0. The minimum Gasteiger partial charge on any atom is -0.442 e. The Kier molecular flexibility index (Phi) is 8.08. The summed E-state index contributed by atoms with van der Waals surface area (Å²) in [6.45, 7) is -0.499. The lowest BCUT2D eigenvalue weighted by Gasteiger charge is -2.24.